The van der Waals surface area contributed by atoms with Gasteiger partial charge in [0.2, 0.25) is 0 Å². The van der Waals surface area contributed by atoms with E-state index in [2.05, 4.69) is 16.0 Å². The van der Waals surface area contributed by atoms with E-state index in [1.165, 1.54) is 12.1 Å². The summed E-state index contributed by atoms with van der Waals surface area (Å²) in [5, 5.41) is 9.15. The summed E-state index contributed by atoms with van der Waals surface area (Å²) >= 11 is 0. The summed E-state index contributed by atoms with van der Waals surface area (Å²) in [7, 11) is 1.96. The van der Waals surface area contributed by atoms with Crippen molar-refractivity contribution in [1.29, 1.82) is 5.26 Å². The van der Waals surface area contributed by atoms with Gasteiger partial charge in [-0.1, -0.05) is 12.1 Å². The lowest BCUT2D eigenvalue weighted by molar-refractivity contribution is 0.628. The van der Waals surface area contributed by atoms with Crippen LogP contribution in [0, 0.1) is 17.1 Å². The highest BCUT2D eigenvalue weighted by Crippen LogP contribution is 2.37. The number of nitrogens with one attached hydrogen (secondary N) is 1. The van der Waals surface area contributed by atoms with Crippen molar-refractivity contribution in [2.75, 3.05) is 0 Å². The van der Waals surface area contributed by atoms with Gasteiger partial charge in [0, 0.05) is 18.8 Å². The topological polar surface area (TPSA) is 57.4 Å². The third kappa shape index (κ3) is 2.17. The fourth-order valence-corrected chi connectivity index (χ4v) is 2.94. The highest BCUT2D eigenvalue weighted by Gasteiger charge is 2.18. The summed E-state index contributed by atoms with van der Waals surface area (Å²) in [6.45, 7) is 0. The van der Waals surface area contributed by atoms with Gasteiger partial charge in [0.25, 0.3) is 0 Å². The first-order valence-corrected chi connectivity index (χ1v) is 7.48. The summed E-state index contributed by atoms with van der Waals surface area (Å²) < 4.78 is 15.3. The quantitative estimate of drug-likeness (QED) is 0.601. The molecular weight excluding hydrogens is 303 g/mol. The van der Waals surface area contributed by atoms with Crippen LogP contribution in [-0.4, -0.2) is 14.5 Å². The predicted octanol–water partition coefficient (Wildman–Crippen LogP) is 4.25. The summed E-state index contributed by atoms with van der Waals surface area (Å²) in [6.07, 6.45) is 1.96. The van der Waals surface area contributed by atoms with Gasteiger partial charge in [0.15, 0.2) is 0 Å². The van der Waals surface area contributed by atoms with Crippen molar-refractivity contribution in [3.63, 3.8) is 0 Å². The van der Waals surface area contributed by atoms with Crippen LogP contribution in [0.5, 0.6) is 0 Å². The molecule has 3 heterocycles. The van der Waals surface area contributed by atoms with Gasteiger partial charge in [0.05, 0.1) is 22.4 Å². The standard InChI is InChI=1S/C19H13FN4/c1-24-10-2-3-16(24)19-17(12-4-6-13(20)7-5-12)18-15(23-19)9-8-14(11-21)22-18/h2-10,23H,1H3. The Kier molecular flexibility index (Phi) is 3.17. The van der Waals surface area contributed by atoms with Crippen LogP contribution in [0.4, 0.5) is 4.39 Å². The Balaban J connectivity index is 2.08. The molecule has 0 fully saturated rings. The summed E-state index contributed by atoms with van der Waals surface area (Å²) in [6, 6.07) is 15.9. The molecule has 1 N–H and O–H groups in total. The third-order valence-corrected chi connectivity index (χ3v) is 4.09. The third-order valence-electron chi connectivity index (χ3n) is 4.09. The number of fused-ring (bicyclic) bond motifs is 1. The lowest BCUT2D eigenvalue weighted by Crippen LogP contribution is -1.91. The van der Waals surface area contributed by atoms with Crippen LogP contribution in [-0.2, 0) is 7.05 Å². The molecule has 0 saturated heterocycles. The van der Waals surface area contributed by atoms with Gasteiger partial charge in [-0.3, -0.25) is 0 Å². The molecule has 0 unspecified atom stereocenters. The van der Waals surface area contributed by atoms with Crippen LogP contribution < -0.4 is 0 Å². The molecule has 0 aliphatic heterocycles. The fraction of sp³-hybridized carbons (Fsp3) is 0.0526. The number of aromatic nitrogens is 3. The number of nitrogens with zero attached hydrogens (tertiary/aromatic N) is 3. The summed E-state index contributed by atoms with van der Waals surface area (Å²) in [5.74, 6) is -0.287. The average molecular weight is 316 g/mol. The minimum Gasteiger partial charge on any atom is -0.351 e. The zero-order chi connectivity index (χ0) is 16.7. The molecule has 0 radical (unpaired) electrons. The van der Waals surface area contributed by atoms with E-state index in [4.69, 9.17) is 5.26 Å². The molecule has 0 aliphatic carbocycles. The monoisotopic (exact) mass is 316 g/mol. The number of benzene rings is 1. The molecule has 0 aliphatic rings. The maximum absolute atomic E-state index is 13.3. The van der Waals surface area contributed by atoms with E-state index in [-0.39, 0.29) is 5.82 Å². The van der Waals surface area contributed by atoms with Crippen LogP contribution in [0.1, 0.15) is 5.69 Å². The highest BCUT2D eigenvalue weighted by molar-refractivity contribution is 6.01. The second-order valence-corrected chi connectivity index (χ2v) is 5.59. The van der Waals surface area contributed by atoms with Crippen molar-refractivity contribution in [2.45, 2.75) is 0 Å². The van der Waals surface area contributed by atoms with Gasteiger partial charge in [0.1, 0.15) is 17.6 Å². The lowest BCUT2D eigenvalue weighted by atomic mass is 10.0. The van der Waals surface area contributed by atoms with Crippen LogP contribution in [0.25, 0.3) is 33.5 Å². The Morgan fingerprint density at radius 1 is 1.12 bits per heavy atom. The average Bonchev–Trinajstić information content (AvgIpc) is 3.18. The minimum absolute atomic E-state index is 0.287. The number of aryl methyl sites for hydroxylation is 1. The van der Waals surface area contributed by atoms with Gasteiger partial charge in [-0.15, -0.1) is 0 Å². The molecule has 4 rings (SSSR count). The molecule has 3 aromatic heterocycles. The van der Waals surface area contributed by atoms with Crippen LogP contribution in [0.15, 0.2) is 54.7 Å². The largest absolute Gasteiger partial charge is 0.351 e. The number of halogens is 1. The first-order valence-electron chi connectivity index (χ1n) is 7.48. The number of hydrogen-bond donors (Lipinski definition) is 1. The second kappa shape index (κ2) is 5.36. The number of nitriles is 1. The number of aromatic amines is 1. The number of H-pyrrole nitrogens is 1. The van der Waals surface area contributed by atoms with E-state index >= 15 is 0 Å². The number of rotatable bonds is 2. The SMILES string of the molecule is Cn1cccc1-c1[nH]c2ccc(C#N)nc2c1-c1ccc(F)cc1. The molecule has 1 aromatic carbocycles. The molecule has 4 aromatic rings. The van der Waals surface area contributed by atoms with Crippen molar-refractivity contribution in [3.05, 3.63) is 66.2 Å². The summed E-state index contributed by atoms with van der Waals surface area (Å²) in [4.78, 5) is 7.84. The molecule has 0 saturated carbocycles. The van der Waals surface area contributed by atoms with Gasteiger partial charge < -0.3 is 9.55 Å². The van der Waals surface area contributed by atoms with E-state index in [0.29, 0.717) is 11.2 Å². The molecule has 0 atom stereocenters. The van der Waals surface area contributed by atoms with E-state index < -0.39 is 0 Å². The van der Waals surface area contributed by atoms with Crippen molar-refractivity contribution in [2.24, 2.45) is 7.05 Å². The first kappa shape index (κ1) is 14.2. The van der Waals surface area contributed by atoms with Crippen molar-refractivity contribution in [1.82, 2.24) is 14.5 Å². The van der Waals surface area contributed by atoms with Crippen molar-refractivity contribution >= 4 is 11.0 Å². The fourth-order valence-electron chi connectivity index (χ4n) is 2.94. The lowest BCUT2D eigenvalue weighted by Gasteiger charge is -2.06. The van der Waals surface area contributed by atoms with Crippen LogP contribution in [0.2, 0.25) is 0 Å². The van der Waals surface area contributed by atoms with Gasteiger partial charge >= 0.3 is 0 Å². The van der Waals surface area contributed by atoms with Crippen LogP contribution in [0.3, 0.4) is 0 Å². The predicted molar refractivity (Wildman–Crippen MR) is 90.6 cm³/mol. The Labute approximate surface area is 137 Å². The first-order chi connectivity index (χ1) is 11.7. The molecule has 0 amide bonds. The van der Waals surface area contributed by atoms with E-state index in [9.17, 15) is 4.39 Å². The molecule has 4 nitrogen and oxygen atoms in total. The van der Waals surface area contributed by atoms with E-state index in [1.54, 1.807) is 18.2 Å². The Morgan fingerprint density at radius 3 is 2.58 bits per heavy atom. The molecule has 5 heteroatoms. The van der Waals surface area contributed by atoms with Crippen molar-refractivity contribution < 1.29 is 4.39 Å². The minimum atomic E-state index is -0.287. The maximum Gasteiger partial charge on any atom is 0.141 e. The van der Waals surface area contributed by atoms with Crippen molar-refractivity contribution in [3.8, 4) is 28.6 Å². The van der Waals surface area contributed by atoms with Crippen LogP contribution >= 0.6 is 0 Å². The maximum atomic E-state index is 13.3. The highest BCUT2D eigenvalue weighted by atomic mass is 19.1. The zero-order valence-electron chi connectivity index (χ0n) is 12.9. The van der Waals surface area contributed by atoms with E-state index in [0.717, 1.165) is 28.0 Å². The molecule has 0 bridgehead atoms. The normalized spacial score (nSPS) is 10.9. The molecule has 24 heavy (non-hydrogen) atoms. The van der Waals surface area contributed by atoms with Gasteiger partial charge in [-0.25, -0.2) is 9.37 Å². The van der Waals surface area contributed by atoms with E-state index in [1.807, 2.05) is 36.0 Å². The second-order valence-electron chi connectivity index (χ2n) is 5.59. The Bertz CT molecular complexity index is 1080. The summed E-state index contributed by atoms with van der Waals surface area (Å²) in [5.41, 5.74) is 5.49. The molecule has 0 spiro atoms. The number of hydrogen-bond acceptors (Lipinski definition) is 2. The van der Waals surface area contributed by atoms with Gasteiger partial charge in [-0.05, 0) is 42.0 Å². The Morgan fingerprint density at radius 2 is 1.92 bits per heavy atom. The Hall–Kier alpha value is -3.39. The number of pyridine rings is 1. The molecular formula is C19H13FN4. The zero-order valence-corrected chi connectivity index (χ0v) is 12.9. The molecule has 116 valence electrons. The van der Waals surface area contributed by atoms with Gasteiger partial charge in [-0.2, -0.15) is 5.26 Å². The smallest absolute Gasteiger partial charge is 0.141 e.